The van der Waals surface area contributed by atoms with Crippen LogP contribution in [0, 0.1) is 5.82 Å². The van der Waals surface area contributed by atoms with Crippen molar-refractivity contribution in [2.45, 2.75) is 18.8 Å². The van der Waals surface area contributed by atoms with E-state index in [9.17, 15) is 13.2 Å². The quantitative estimate of drug-likeness (QED) is 0.647. The van der Waals surface area contributed by atoms with E-state index in [4.69, 9.17) is 0 Å². The number of hydrogen-bond acceptors (Lipinski definition) is 0. The van der Waals surface area contributed by atoms with Gasteiger partial charge < -0.3 is 0 Å². The van der Waals surface area contributed by atoms with E-state index in [1.807, 2.05) is 0 Å². The molecule has 1 aromatic carbocycles. The predicted octanol–water partition coefficient (Wildman–Crippen LogP) is 3.88. The van der Waals surface area contributed by atoms with E-state index >= 15 is 0 Å². The average Bonchev–Trinajstić information content (AvgIpc) is 2.16. The first-order chi connectivity index (χ1) is 6.56. The normalized spacial score (nSPS) is 11.4. The van der Waals surface area contributed by atoms with E-state index in [0.29, 0.717) is 0 Å². The molecule has 14 heavy (non-hydrogen) atoms. The van der Waals surface area contributed by atoms with Crippen LogP contribution in [0.4, 0.5) is 13.2 Å². The predicted molar refractivity (Wildman–Crippen MR) is 49.7 cm³/mol. The monoisotopic (exact) mass is 200 g/mol. The third-order valence-electron chi connectivity index (χ3n) is 1.93. The number of allylic oxidation sites excluding steroid dienone is 1. The molecule has 0 unspecified atom stereocenters. The second kappa shape index (κ2) is 4.31. The van der Waals surface area contributed by atoms with Gasteiger partial charge in [-0.2, -0.15) is 0 Å². The SMILES string of the molecule is C=CCCC(F)(F)c1ccc(F)cc1. The molecule has 76 valence electrons. The lowest BCUT2D eigenvalue weighted by Crippen LogP contribution is -2.12. The Bertz CT molecular complexity index is 301. The molecule has 0 aliphatic rings. The summed E-state index contributed by atoms with van der Waals surface area (Å²) >= 11 is 0. The molecule has 1 rings (SSSR count). The van der Waals surface area contributed by atoms with Crippen molar-refractivity contribution in [1.82, 2.24) is 0 Å². The summed E-state index contributed by atoms with van der Waals surface area (Å²) in [6.07, 6.45) is 1.39. The molecule has 0 heterocycles. The molecular formula is C11H11F3. The number of benzene rings is 1. The van der Waals surface area contributed by atoms with E-state index in [2.05, 4.69) is 6.58 Å². The first kappa shape index (κ1) is 10.8. The minimum atomic E-state index is -2.90. The van der Waals surface area contributed by atoms with Gasteiger partial charge in [0, 0.05) is 12.0 Å². The van der Waals surface area contributed by atoms with Crippen LogP contribution in [0.5, 0.6) is 0 Å². The fourth-order valence-corrected chi connectivity index (χ4v) is 1.12. The number of halogens is 3. The Morgan fingerprint density at radius 3 is 2.29 bits per heavy atom. The van der Waals surface area contributed by atoms with Gasteiger partial charge in [0.05, 0.1) is 0 Å². The smallest absolute Gasteiger partial charge is 0.207 e. The molecule has 0 N–H and O–H groups in total. The molecule has 0 aromatic heterocycles. The molecule has 0 spiro atoms. The van der Waals surface area contributed by atoms with Crippen LogP contribution in [-0.2, 0) is 5.92 Å². The second-order valence-corrected chi connectivity index (χ2v) is 3.04. The summed E-state index contributed by atoms with van der Waals surface area (Å²) in [5, 5.41) is 0. The highest BCUT2D eigenvalue weighted by Crippen LogP contribution is 2.32. The highest BCUT2D eigenvalue weighted by atomic mass is 19.3. The molecule has 3 heteroatoms. The van der Waals surface area contributed by atoms with Crippen LogP contribution < -0.4 is 0 Å². The van der Waals surface area contributed by atoms with Gasteiger partial charge in [-0.25, -0.2) is 13.2 Å². The summed E-state index contributed by atoms with van der Waals surface area (Å²) in [6.45, 7) is 3.38. The summed E-state index contributed by atoms with van der Waals surface area (Å²) in [5.41, 5.74) is -0.152. The summed E-state index contributed by atoms with van der Waals surface area (Å²) in [4.78, 5) is 0. The van der Waals surface area contributed by atoms with Crippen molar-refractivity contribution >= 4 is 0 Å². The van der Waals surface area contributed by atoms with Crippen LogP contribution in [-0.4, -0.2) is 0 Å². The zero-order valence-electron chi connectivity index (χ0n) is 7.64. The van der Waals surface area contributed by atoms with Crippen LogP contribution in [0.3, 0.4) is 0 Å². The Morgan fingerprint density at radius 1 is 1.21 bits per heavy atom. The number of rotatable bonds is 4. The highest BCUT2D eigenvalue weighted by molar-refractivity contribution is 5.20. The summed E-state index contributed by atoms with van der Waals surface area (Å²) in [6, 6.07) is 4.30. The van der Waals surface area contributed by atoms with Crippen LogP contribution >= 0.6 is 0 Å². The van der Waals surface area contributed by atoms with E-state index in [0.717, 1.165) is 24.3 Å². The molecule has 0 amide bonds. The van der Waals surface area contributed by atoms with Crippen LogP contribution in [0.2, 0.25) is 0 Å². The lowest BCUT2D eigenvalue weighted by Gasteiger charge is -2.15. The first-order valence-corrected chi connectivity index (χ1v) is 4.31. The third-order valence-corrected chi connectivity index (χ3v) is 1.93. The molecule has 0 saturated carbocycles. The van der Waals surface area contributed by atoms with Crippen molar-refractivity contribution in [3.8, 4) is 0 Å². The molecule has 0 bridgehead atoms. The van der Waals surface area contributed by atoms with Crippen molar-refractivity contribution < 1.29 is 13.2 Å². The maximum absolute atomic E-state index is 13.3. The molecule has 0 atom stereocenters. The summed E-state index contributed by atoms with van der Waals surface area (Å²) in [7, 11) is 0. The van der Waals surface area contributed by atoms with Crippen LogP contribution in [0.1, 0.15) is 18.4 Å². The molecule has 0 nitrogen and oxygen atoms in total. The second-order valence-electron chi connectivity index (χ2n) is 3.04. The Kier molecular flexibility index (Phi) is 3.33. The van der Waals surface area contributed by atoms with Gasteiger partial charge in [0.15, 0.2) is 0 Å². The molecular weight excluding hydrogens is 189 g/mol. The van der Waals surface area contributed by atoms with Crippen molar-refractivity contribution in [2.24, 2.45) is 0 Å². The standard InChI is InChI=1S/C11H11F3/c1-2-3-8-11(13,14)9-4-6-10(12)7-5-9/h2,4-7H,1,3,8H2. The van der Waals surface area contributed by atoms with Gasteiger partial charge in [0.25, 0.3) is 5.92 Å². The van der Waals surface area contributed by atoms with Gasteiger partial charge in [-0.1, -0.05) is 18.2 Å². The maximum Gasteiger partial charge on any atom is 0.273 e. The first-order valence-electron chi connectivity index (χ1n) is 4.31. The van der Waals surface area contributed by atoms with Crippen molar-refractivity contribution in [2.75, 3.05) is 0 Å². The Hall–Kier alpha value is -1.25. The Balaban J connectivity index is 2.80. The largest absolute Gasteiger partial charge is 0.273 e. The average molecular weight is 200 g/mol. The van der Waals surface area contributed by atoms with Gasteiger partial charge in [-0.3, -0.25) is 0 Å². The topological polar surface area (TPSA) is 0 Å². The summed E-state index contributed by atoms with van der Waals surface area (Å²) < 4.78 is 39.1. The van der Waals surface area contributed by atoms with Gasteiger partial charge >= 0.3 is 0 Å². The minimum absolute atomic E-state index is 0.152. The summed E-state index contributed by atoms with van der Waals surface area (Å²) in [5.74, 6) is -3.41. The Labute approximate surface area is 81.1 Å². The molecule has 0 fully saturated rings. The van der Waals surface area contributed by atoms with Crippen molar-refractivity contribution in [3.05, 3.63) is 48.3 Å². The van der Waals surface area contributed by atoms with E-state index in [1.165, 1.54) is 6.08 Å². The maximum atomic E-state index is 13.3. The van der Waals surface area contributed by atoms with Gasteiger partial charge in [-0.15, -0.1) is 6.58 Å². The molecule has 0 aliphatic carbocycles. The van der Waals surface area contributed by atoms with Gasteiger partial charge in [0.2, 0.25) is 0 Å². The van der Waals surface area contributed by atoms with Crippen molar-refractivity contribution in [1.29, 1.82) is 0 Å². The molecule has 1 aromatic rings. The third kappa shape index (κ3) is 2.62. The van der Waals surface area contributed by atoms with Crippen LogP contribution in [0.15, 0.2) is 36.9 Å². The van der Waals surface area contributed by atoms with E-state index < -0.39 is 11.7 Å². The van der Waals surface area contributed by atoms with Gasteiger partial charge in [-0.05, 0) is 18.6 Å². The lowest BCUT2D eigenvalue weighted by molar-refractivity contribution is -0.0124. The zero-order chi connectivity index (χ0) is 10.6. The highest BCUT2D eigenvalue weighted by Gasteiger charge is 2.29. The van der Waals surface area contributed by atoms with Crippen molar-refractivity contribution in [3.63, 3.8) is 0 Å². The fraction of sp³-hybridized carbons (Fsp3) is 0.273. The van der Waals surface area contributed by atoms with Crippen LogP contribution in [0.25, 0.3) is 0 Å². The minimum Gasteiger partial charge on any atom is -0.207 e. The molecule has 0 radical (unpaired) electrons. The Morgan fingerprint density at radius 2 is 1.79 bits per heavy atom. The number of alkyl halides is 2. The fourth-order valence-electron chi connectivity index (χ4n) is 1.12. The molecule has 0 aliphatic heterocycles. The van der Waals surface area contributed by atoms with Gasteiger partial charge in [0.1, 0.15) is 5.82 Å². The lowest BCUT2D eigenvalue weighted by atomic mass is 10.0. The van der Waals surface area contributed by atoms with E-state index in [1.54, 1.807) is 0 Å². The van der Waals surface area contributed by atoms with E-state index in [-0.39, 0.29) is 18.4 Å². The molecule has 0 saturated heterocycles. The zero-order valence-corrected chi connectivity index (χ0v) is 7.64. The number of hydrogen-bond donors (Lipinski definition) is 0.